The van der Waals surface area contributed by atoms with E-state index in [1.807, 2.05) is 49.4 Å². The van der Waals surface area contributed by atoms with Crippen molar-refractivity contribution in [1.82, 2.24) is 14.9 Å². The topological polar surface area (TPSA) is 73.2 Å². The Hall–Kier alpha value is -3.15. The summed E-state index contributed by atoms with van der Waals surface area (Å²) < 4.78 is 6.86. The average Bonchev–Trinajstić information content (AvgIpc) is 2.65. The molecule has 2 aromatic carbocycles. The van der Waals surface area contributed by atoms with Gasteiger partial charge in [0.05, 0.1) is 17.6 Å². The first-order valence-corrected chi connectivity index (χ1v) is 8.53. The summed E-state index contributed by atoms with van der Waals surface area (Å²) in [6.45, 7) is 4.55. The van der Waals surface area contributed by atoms with Crippen molar-refractivity contribution in [2.24, 2.45) is 0 Å². The second-order valence-corrected chi connectivity index (χ2v) is 5.93. The third-order valence-corrected chi connectivity index (χ3v) is 4.04. The van der Waals surface area contributed by atoms with Crippen molar-refractivity contribution in [2.45, 2.75) is 26.9 Å². The highest BCUT2D eigenvalue weighted by molar-refractivity contribution is 5.80. The maximum absolute atomic E-state index is 12.4. The van der Waals surface area contributed by atoms with Crippen molar-refractivity contribution in [3.63, 3.8) is 0 Å². The summed E-state index contributed by atoms with van der Waals surface area (Å²) in [5.41, 5.74) is 2.44. The van der Waals surface area contributed by atoms with Crippen molar-refractivity contribution >= 4 is 16.9 Å². The number of aryl methyl sites for hydroxylation is 1. The van der Waals surface area contributed by atoms with Gasteiger partial charge in [0.1, 0.15) is 18.0 Å². The largest absolute Gasteiger partial charge is 0.494 e. The van der Waals surface area contributed by atoms with Crippen LogP contribution in [0.4, 0.5) is 0 Å². The molecule has 0 bridgehead atoms. The van der Waals surface area contributed by atoms with Crippen LogP contribution in [0.25, 0.3) is 11.0 Å². The summed E-state index contributed by atoms with van der Waals surface area (Å²) in [5, 5.41) is 2.85. The fourth-order valence-corrected chi connectivity index (χ4v) is 2.75. The Bertz CT molecular complexity index is 978. The number of para-hydroxylation sites is 2. The maximum atomic E-state index is 12.4. The van der Waals surface area contributed by atoms with Crippen LogP contribution >= 0.6 is 0 Å². The summed E-state index contributed by atoms with van der Waals surface area (Å²) >= 11 is 0. The Morgan fingerprint density at radius 3 is 2.62 bits per heavy atom. The molecule has 3 aromatic rings. The number of nitrogens with zero attached hydrogens (tertiary/aromatic N) is 2. The van der Waals surface area contributed by atoms with Crippen LogP contribution in [-0.4, -0.2) is 22.1 Å². The van der Waals surface area contributed by atoms with E-state index in [1.54, 1.807) is 13.0 Å². The molecule has 0 fully saturated rings. The number of carbonyl (C=O) groups excluding carboxylic acids is 1. The number of aromatic nitrogens is 2. The van der Waals surface area contributed by atoms with E-state index >= 15 is 0 Å². The van der Waals surface area contributed by atoms with Crippen molar-refractivity contribution in [2.75, 3.05) is 6.61 Å². The minimum absolute atomic E-state index is 0.0419. The summed E-state index contributed by atoms with van der Waals surface area (Å²) in [6.07, 6.45) is 0. The highest BCUT2D eigenvalue weighted by Gasteiger charge is 2.11. The standard InChI is InChI=1S/C20H21N3O3/c1-3-26-16-10-8-15(9-11-16)12-21-19(24)13-23-18-7-5-4-6-17(18)22-14(2)20(23)25/h4-11H,3,12-13H2,1-2H3,(H,21,24). The van der Waals surface area contributed by atoms with Crippen LogP contribution < -0.4 is 15.6 Å². The van der Waals surface area contributed by atoms with Crippen LogP contribution in [0.3, 0.4) is 0 Å². The lowest BCUT2D eigenvalue weighted by molar-refractivity contribution is -0.121. The smallest absolute Gasteiger partial charge is 0.272 e. The van der Waals surface area contributed by atoms with Crippen LogP contribution in [0.2, 0.25) is 0 Å². The van der Waals surface area contributed by atoms with Gasteiger partial charge in [0.25, 0.3) is 5.56 Å². The molecule has 1 amide bonds. The molecule has 0 aliphatic carbocycles. The van der Waals surface area contributed by atoms with Gasteiger partial charge >= 0.3 is 0 Å². The van der Waals surface area contributed by atoms with Gasteiger partial charge in [-0.15, -0.1) is 0 Å². The molecule has 6 nitrogen and oxygen atoms in total. The third kappa shape index (κ3) is 3.91. The lowest BCUT2D eigenvalue weighted by Crippen LogP contribution is -2.33. The minimum Gasteiger partial charge on any atom is -0.494 e. The molecule has 0 aliphatic rings. The van der Waals surface area contributed by atoms with Crippen molar-refractivity contribution in [3.05, 3.63) is 70.1 Å². The first kappa shape index (κ1) is 17.7. The zero-order valence-electron chi connectivity index (χ0n) is 14.9. The van der Waals surface area contributed by atoms with E-state index in [-0.39, 0.29) is 18.0 Å². The Morgan fingerprint density at radius 2 is 1.88 bits per heavy atom. The summed E-state index contributed by atoms with van der Waals surface area (Å²) in [7, 11) is 0. The number of rotatable bonds is 6. The number of hydrogen-bond acceptors (Lipinski definition) is 4. The Kier molecular flexibility index (Phi) is 5.31. The number of hydrogen-bond donors (Lipinski definition) is 1. The molecule has 0 atom stereocenters. The molecule has 1 heterocycles. The molecular weight excluding hydrogens is 330 g/mol. The monoisotopic (exact) mass is 351 g/mol. The predicted molar refractivity (Wildman–Crippen MR) is 100 cm³/mol. The van der Waals surface area contributed by atoms with Gasteiger partial charge in [0.15, 0.2) is 0 Å². The molecular formula is C20H21N3O3. The van der Waals surface area contributed by atoms with Gasteiger partial charge in [-0.1, -0.05) is 24.3 Å². The molecule has 0 saturated heterocycles. The summed E-state index contributed by atoms with van der Waals surface area (Å²) in [6, 6.07) is 14.9. The second kappa shape index (κ2) is 7.82. The van der Waals surface area contributed by atoms with Crippen LogP contribution in [0, 0.1) is 6.92 Å². The SMILES string of the molecule is CCOc1ccc(CNC(=O)Cn2c(=O)c(C)nc3ccccc32)cc1. The zero-order chi connectivity index (χ0) is 18.5. The van der Waals surface area contributed by atoms with Crippen LogP contribution in [-0.2, 0) is 17.9 Å². The van der Waals surface area contributed by atoms with Crippen molar-refractivity contribution in [3.8, 4) is 5.75 Å². The number of carbonyl (C=O) groups is 1. The quantitative estimate of drug-likeness (QED) is 0.740. The Labute approximate surface area is 151 Å². The number of ether oxygens (including phenoxy) is 1. The number of amides is 1. The van der Waals surface area contributed by atoms with Crippen LogP contribution in [0.1, 0.15) is 18.2 Å². The molecule has 0 saturated carbocycles. The van der Waals surface area contributed by atoms with E-state index < -0.39 is 0 Å². The summed E-state index contributed by atoms with van der Waals surface area (Å²) in [4.78, 5) is 29.0. The maximum Gasteiger partial charge on any atom is 0.272 e. The molecule has 26 heavy (non-hydrogen) atoms. The van der Waals surface area contributed by atoms with Crippen LogP contribution in [0.5, 0.6) is 5.75 Å². The lowest BCUT2D eigenvalue weighted by atomic mass is 10.2. The van der Waals surface area contributed by atoms with E-state index in [9.17, 15) is 9.59 Å². The molecule has 1 aromatic heterocycles. The van der Waals surface area contributed by atoms with Gasteiger partial charge in [-0.3, -0.25) is 14.2 Å². The van der Waals surface area contributed by atoms with E-state index in [2.05, 4.69) is 10.3 Å². The lowest BCUT2D eigenvalue weighted by Gasteiger charge is -2.11. The minimum atomic E-state index is -0.250. The molecule has 6 heteroatoms. The van der Waals surface area contributed by atoms with Gasteiger partial charge in [0, 0.05) is 6.54 Å². The fraction of sp³-hybridized carbons (Fsp3) is 0.250. The first-order chi connectivity index (χ1) is 12.6. The average molecular weight is 351 g/mol. The highest BCUT2D eigenvalue weighted by Crippen LogP contribution is 2.12. The highest BCUT2D eigenvalue weighted by atomic mass is 16.5. The number of benzene rings is 2. The molecule has 0 unspecified atom stereocenters. The second-order valence-electron chi connectivity index (χ2n) is 5.93. The van der Waals surface area contributed by atoms with Gasteiger partial charge in [0.2, 0.25) is 5.91 Å². The van der Waals surface area contributed by atoms with Crippen LogP contribution in [0.15, 0.2) is 53.3 Å². The summed E-state index contributed by atoms with van der Waals surface area (Å²) in [5.74, 6) is 0.574. The molecule has 1 N–H and O–H groups in total. The predicted octanol–water partition coefficient (Wildman–Crippen LogP) is 2.42. The first-order valence-electron chi connectivity index (χ1n) is 8.53. The van der Waals surface area contributed by atoms with E-state index in [0.29, 0.717) is 29.9 Å². The van der Waals surface area contributed by atoms with E-state index in [1.165, 1.54) is 4.57 Å². The van der Waals surface area contributed by atoms with E-state index in [4.69, 9.17) is 4.74 Å². The van der Waals surface area contributed by atoms with Gasteiger partial charge in [-0.25, -0.2) is 4.98 Å². The molecule has 0 aliphatic heterocycles. The molecule has 3 rings (SSSR count). The normalized spacial score (nSPS) is 10.7. The molecule has 0 radical (unpaired) electrons. The molecule has 134 valence electrons. The zero-order valence-corrected chi connectivity index (χ0v) is 14.9. The van der Waals surface area contributed by atoms with Gasteiger partial charge in [-0.2, -0.15) is 0 Å². The molecule has 0 spiro atoms. The van der Waals surface area contributed by atoms with Gasteiger partial charge in [-0.05, 0) is 43.7 Å². The van der Waals surface area contributed by atoms with Crippen molar-refractivity contribution in [1.29, 1.82) is 0 Å². The number of fused-ring (bicyclic) bond motifs is 1. The van der Waals surface area contributed by atoms with E-state index in [0.717, 1.165) is 11.3 Å². The Balaban J connectivity index is 1.71. The Morgan fingerprint density at radius 1 is 1.15 bits per heavy atom. The fourth-order valence-electron chi connectivity index (χ4n) is 2.75. The third-order valence-electron chi connectivity index (χ3n) is 4.04. The number of nitrogens with one attached hydrogen (secondary N) is 1. The van der Waals surface area contributed by atoms with Gasteiger partial charge < -0.3 is 10.1 Å². The van der Waals surface area contributed by atoms with Crippen molar-refractivity contribution < 1.29 is 9.53 Å².